The van der Waals surface area contributed by atoms with E-state index >= 15 is 0 Å². The highest BCUT2D eigenvalue weighted by Crippen LogP contribution is 2.16. The molecule has 0 radical (unpaired) electrons. The number of urea groups is 1. The Labute approximate surface area is 231 Å². The molecule has 8 heteroatoms. The summed E-state index contributed by atoms with van der Waals surface area (Å²) in [5.41, 5.74) is 5.92. The molecule has 0 aromatic carbocycles. The van der Waals surface area contributed by atoms with Gasteiger partial charge in [0.1, 0.15) is 0 Å². The molecule has 1 fully saturated rings. The number of hydrogen-bond donors (Lipinski definition) is 3. The molecule has 39 heavy (non-hydrogen) atoms. The number of aliphatic carboxylic acids is 1. The molecule has 210 valence electrons. The van der Waals surface area contributed by atoms with Crippen molar-refractivity contribution < 1.29 is 29.4 Å². The van der Waals surface area contributed by atoms with E-state index in [9.17, 15) is 14.4 Å². The Morgan fingerprint density at radius 2 is 1.21 bits per heavy atom. The van der Waals surface area contributed by atoms with Gasteiger partial charge in [0.2, 0.25) is 0 Å². The van der Waals surface area contributed by atoms with E-state index in [4.69, 9.17) is 15.1 Å². The normalized spacial score (nSPS) is 16.9. The van der Waals surface area contributed by atoms with Crippen molar-refractivity contribution in [3.05, 3.63) is 107 Å². The van der Waals surface area contributed by atoms with Crippen molar-refractivity contribution in [3.8, 4) is 0 Å². The maximum absolute atomic E-state index is 12.1. The average Bonchev–Trinajstić information content (AvgIpc) is 2.91. The lowest BCUT2D eigenvalue weighted by Crippen LogP contribution is -2.45. The monoisotopic (exact) mass is 536 g/mol. The first-order valence-corrected chi connectivity index (χ1v) is 12.8. The minimum Gasteiger partial charge on any atom is -0.478 e. The number of likely N-dealkylation sites (tertiary alicyclic amines) is 1. The van der Waals surface area contributed by atoms with Crippen LogP contribution in [-0.2, 0) is 14.4 Å². The van der Waals surface area contributed by atoms with Gasteiger partial charge >= 0.3 is 18.0 Å². The molecule has 1 aliphatic rings. The molecule has 0 saturated carbocycles. The molecule has 1 rings (SSSR count). The molecular formula is C31H40N2O6. The Morgan fingerprint density at radius 1 is 0.744 bits per heavy atom. The van der Waals surface area contributed by atoms with Gasteiger partial charge in [0, 0.05) is 31.8 Å². The summed E-state index contributed by atoms with van der Waals surface area (Å²) in [6.45, 7) is 8.78. The van der Waals surface area contributed by atoms with Gasteiger partial charge in [0.25, 0.3) is 0 Å². The van der Waals surface area contributed by atoms with Crippen LogP contribution < -0.4 is 5.48 Å². The lowest BCUT2D eigenvalue weighted by molar-refractivity contribution is -0.143. The van der Waals surface area contributed by atoms with Crippen LogP contribution in [0, 0.1) is 5.92 Å². The number of aliphatic hydroxyl groups is 1. The van der Waals surface area contributed by atoms with Crippen LogP contribution in [0.3, 0.4) is 0 Å². The largest absolute Gasteiger partial charge is 0.478 e. The number of amides is 2. The summed E-state index contributed by atoms with van der Waals surface area (Å²) < 4.78 is 0. The number of piperidine rings is 1. The van der Waals surface area contributed by atoms with Crippen LogP contribution in [-0.4, -0.2) is 52.8 Å². The first-order chi connectivity index (χ1) is 18.6. The summed E-state index contributed by atoms with van der Waals surface area (Å²) >= 11 is 0. The maximum atomic E-state index is 12.1. The van der Waals surface area contributed by atoms with Crippen molar-refractivity contribution in [1.29, 1.82) is 0 Å². The molecule has 0 atom stereocenters. The highest BCUT2D eigenvalue weighted by molar-refractivity contribution is 5.84. The van der Waals surface area contributed by atoms with Crippen LogP contribution in [0.5, 0.6) is 0 Å². The number of carbonyl (C=O) groups is 3. The molecule has 0 aromatic heterocycles. The second-order valence-corrected chi connectivity index (χ2v) is 9.19. The van der Waals surface area contributed by atoms with Crippen LogP contribution in [0.25, 0.3) is 0 Å². The van der Waals surface area contributed by atoms with Crippen LogP contribution in [0.15, 0.2) is 107 Å². The van der Waals surface area contributed by atoms with E-state index in [-0.39, 0.29) is 12.5 Å². The van der Waals surface area contributed by atoms with E-state index in [0.29, 0.717) is 13.1 Å². The number of nitrogens with one attached hydrogen (secondary N) is 1. The standard InChI is InChI=1S/C31H40N2O6/c1-24(11-7-13-26(3)15-17-29(35)36)9-5-6-10-25(2)12-8-14-27(4)16-18-30(37)39-32-31(38)33-21-19-28(23-34)20-22-33/h5-18,28,34H,19-23H2,1-4H3,(H,32,38)(H,35,36)/b6-5+,11-7+,12-8+,17-15+,18-16+,24-9+,25-10+,26-13-,27-14+. The predicted octanol–water partition coefficient (Wildman–Crippen LogP) is 5.51. The fourth-order valence-corrected chi connectivity index (χ4v) is 3.25. The Kier molecular flexibility index (Phi) is 16.0. The van der Waals surface area contributed by atoms with E-state index in [1.54, 1.807) is 17.1 Å². The number of nitrogens with zero attached hydrogens (tertiary/aromatic N) is 1. The van der Waals surface area contributed by atoms with Gasteiger partial charge < -0.3 is 20.0 Å². The zero-order valence-corrected chi connectivity index (χ0v) is 23.2. The average molecular weight is 537 g/mol. The molecule has 0 bridgehead atoms. The van der Waals surface area contributed by atoms with Gasteiger partial charge in [-0.05, 0) is 46.5 Å². The van der Waals surface area contributed by atoms with Crippen LogP contribution in [0.4, 0.5) is 4.79 Å². The lowest BCUT2D eigenvalue weighted by Gasteiger charge is -2.30. The molecule has 0 spiro atoms. The summed E-state index contributed by atoms with van der Waals surface area (Å²) in [4.78, 5) is 40.8. The van der Waals surface area contributed by atoms with E-state index in [0.717, 1.165) is 41.2 Å². The summed E-state index contributed by atoms with van der Waals surface area (Å²) in [5, 5.41) is 17.8. The van der Waals surface area contributed by atoms with Gasteiger partial charge in [-0.1, -0.05) is 95.2 Å². The van der Waals surface area contributed by atoms with E-state index in [1.165, 1.54) is 6.08 Å². The molecule has 0 aliphatic carbocycles. The van der Waals surface area contributed by atoms with Gasteiger partial charge in [0.15, 0.2) is 0 Å². The number of hydrogen-bond acceptors (Lipinski definition) is 5. The SMILES string of the molecule is CC(=C/C=C/C(C)=C/C=C/C=C(C)/C=C/C=C(C)/C=C/C(=O)ONC(=O)N1CCC(CO)CC1)/C=C/C(=O)O. The van der Waals surface area contributed by atoms with Crippen molar-refractivity contribution in [1.82, 2.24) is 10.4 Å². The second-order valence-electron chi connectivity index (χ2n) is 9.19. The zero-order valence-electron chi connectivity index (χ0n) is 23.2. The molecule has 0 aromatic rings. The first kappa shape index (κ1) is 32.9. The Balaban J connectivity index is 2.45. The molecule has 3 N–H and O–H groups in total. The zero-order chi connectivity index (χ0) is 29.0. The van der Waals surface area contributed by atoms with Gasteiger partial charge in [-0.2, -0.15) is 5.48 Å². The number of carboxylic acid groups (broad SMARTS) is 1. The summed E-state index contributed by atoms with van der Waals surface area (Å²) in [6, 6.07) is -0.461. The molecule has 1 saturated heterocycles. The van der Waals surface area contributed by atoms with E-state index in [2.05, 4.69) is 5.48 Å². The Bertz CT molecular complexity index is 1110. The third-order valence-corrected chi connectivity index (χ3v) is 5.64. The highest BCUT2D eigenvalue weighted by Gasteiger charge is 2.22. The predicted molar refractivity (Wildman–Crippen MR) is 154 cm³/mol. The van der Waals surface area contributed by atoms with Gasteiger partial charge in [-0.3, -0.25) is 0 Å². The topological polar surface area (TPSA) is 116 Å². The van der Waals surface area contributed by atoms with Crippen molar-refractivity contribution >= 4 is 18.0 Å². The van der Waals surface area contributed by atoms with Gasteiger partial charge in [-0.25, -0.2) is 14.4 Å². The quantitative estimate of drug-likeness (QED) is 0.182. The van der Waals surface area contributed by atoms with Crippen molar-refractivity contribution in [2.75, 3.05) is 19.7 Å². The molecule has 1 aliphatic heterocycles. The van der Waals surface area contributed by atoms with Gasteiger partial charge in [0.05, 0.1) is 0 Å². The number of hydroxylamine groups is 1. The fourth-order valence-electron chi connectivity index (χ4n) is 3.25. The summed E-state index contributed by atoms with van der Waals surface area (Å²) in [6.07, 6.45) is 26.1. The Hall–Kier alpha value is -4.17. The molecule has 0 unspecified atom stereocenters. The number of carbonyl (C=O) groups excluding carboxylic acids is 2. The number of carboxylic acids is 1. The van der Waals surface area contributed by atoms with Crippen molar-refractivity contribution in [2.24, 2.45) is 5.92 Å². The summed E-state index contributed by atoms with van der Waals surface area (Å²) in [5.74, 6) is -1.43. The molecule has 2 amide bonds. The minimum absolute atomic E-state index is 0.123. The minimum atomic E-state index is -0.970. The summed E-state index contributed by atoms with van der Waals surface area (Å²) in [7, 11) is 0. The number of rotatable bonds is 11. The highest BCUT2D eigenvalue weighted by atomic mass is 16.7. The van der Waals surface area contributed by atoms with Crippen LogP contribution in [0.1, 0.15) is 40.5 Å². The molecular weight excluding hydrogens is 496 g/mol. The van der Waals surface area contributed by atoms with E-state index < -0.39 is 18.0 Å². The fraction of sp³-hybridized carbons (Fsp3) is 0.323. The number of aliphatic hydroxyl groups excluding tert-OH is 1. The van der Waals surface area contributed by atoms with Crippen LogP contribution >= 0.6 is 0 Å². The smallest absolute Gasteiger partial charge is 0.355 e. The molecule has 1 heterocycles. The van der Waals surface area contributed by atoms with Crippen molar-refractivity contribution in [3.63, 3.8) is 0 Å². The Morgan fingerprint density at radius 3 is 1.69 bits per heavy atom. The van der Waals surface area contributed by atoms with E-state index in [1.807, 2.05) is 88.5 Å². The third kappa shape index (κ3) is 16.3. The van der Waals surface area contributed by atoms with Gasteiger partial charge in [-0.15, -0.1) is 0 Å². The number of allylic oxidation sites excluding steroid dienone is 16. The maximum Gasteiger partial charge on any atom is 0.355 e. The van der Waals surface area contributed by atoms with Crippen molar-refractivity contribution in [2.45, 2.75) is 40.5 Å². The first-order valence-electron chi connectivity index (χ1n) is 12.8. The third-order valence-electron chi connectivity index (χ3n) is 5.64. The second kappa shape index (κ2) is 19.0. The van der Waals surface area contributed by atoms with Crippen LogP contribution in [0.2, 0.25) is 0 Å². The molecule has 8 nitrogen and oxygen atoms in total. The lowest BCUT2D eigenvalue weighted by atomic mass is 9.98.